The predicted octanol–water partition coefficient (Wildman–Crippen LogP) is 3.42. The molecule has 0 aliphatic carbocycles. The van der Waals surface area contributed by atoms with Gasteiger partial charge in [-0.2, -0.15) is 0 Å². The molecule has 0 saturated carbocycles. The highest BCUT2D eigenvalue weighted by molar-refractivity contribution is 5.20. The molecule has 3 aromatic rings. The smallest absolute Gasteiger partial charge is 0.333 e. The topological polar surface area (TPSA) is 64.2 Å². The minimum absolute atomic E-state index is 0.0482. The number of alkyl halides is 2. The molecule has 0 aliphatic rings. The second-order valence-electron chi connectivity index (χ2n) is 6.38. The first-order chi connectivity index (χ1) is 13.8. The summed E-state index contributed by atoms with van der Waals surface area (Å²) in [5.41, 5.74) is -1.97. The summed E-state index contributed by atoms with van der Waals surface area (Å²) in [5, 5.41) is 9.91. The predicted molar refractivity (Wildman–Crippen MR) is 97.1 cm³/mol. The van der Waals surface area contributed by atoms with E-state index in [9.17, 15) is 32.3 Å². The van der Waals surface area contributed by atoms with Crippen molar-refractivity contribution in [3.63, 3.8) is 0 Å². The molecule has 29 heavy (non-hydrogen) atoms. The van der Waals surface area contributed by atoms with Gasteiger partial charge in [-0.15, -0.1) is 0 Å². The Hall–Kier alpha value is -3.36. The molecule has 0 radical (unpaired) electrons. The van der Waals surface area contributed by atoms with Crippen LogP contribution in [0.4, 0.5) is 17.6 Å². The molecule has 0 unspecified atom stereocenters. The minimum Gasteiger partial charge on any atom is -0.494 e. The molecular formula is C20H16F4N2O3. The van der Waals surface area contributed by atoms with Crippen molar-refractivity contribution in [2.24, 2.45) is 0 Å². The van der Waals surface area contributed by atoms with E-state index in [2.05, 4.69) is 0 Å². The Labute approximate surface area is 162 Å². The standard InChI is InChI=1S/C20H16F4N2O3/c21-14-5-1-12(2-6-14)16(23)10-25-18(27)9-19(28)26(20(25)29)11-17(24)13-3-7-15(22)8-4-13/h1-9,16-17,27H,10-11H2/t16-,17-/m0/s1. The fourth-order valence-electron chi connectivity index (χ4n) is 2.82. The first kappa shape index (κ1) is 20.4. The normalized spacial score (nSPS) is 13.2. The lowest BCUT2D eigenvalue weighted by Gasteiger charge is -2.16. The number of benzene rings is 2. The van der Waals surface area contributed by atoms with Gasteiger partial charge in [-0.1, -0.05) is 24.3 Å². The van der Waals surface area contributed by atoms with Crippen LogP contribution in [0.1, 0.15) is 23.5 Å². The number of aromatic hydroxyl groups is 1. The number of hydrogen-bond acceptors (Lipinski definition) is 3. The summed E-state index contributed by atoms with van der Waals surface area (Å²) in [6.45, 7) is -1.36. The summed E-state index contributed by atoms with van der Waals surface area (Å²) in [7, 11) is 0. The SMILES string of the molecule is O=c1cc(O)n(C[C@H](F)c2ccc(F)cc2)c(=O)n1C[C@H](F)c1ccc(F)cc1. The molecule has 2 aromatic carbocycles. The molecule has 5 nitrogen and oxygen atoms in total. The molecule has 0 aliphatic heterocycles. The third-order valence-electron chi connectivity index (χ3n) is 4.41. The summed E-state index contributed by atoms with van der Waals surface area (Å²) in [6.07, 6.45) is -3.60. The number of hydrogen-bond donors (Lipinski definition) is 1. The van der Waals surface area contributed by atoms with Crippen molar-refractivity contribution in [1.82, 2.24) is 9.13 Å². The fourth-order valence-corrected chi connectivity index (χ4v) is 2.82. The summed E-state index contributed by atoms with van der Waals surface area (Å²) in [6, 6.07) is 9.56. The monoisotopic (exact) mass is 408 g/mol. The maximum absolute atomic E-state index is 14.5. The molecule has 0 amide bonds. The van der Waals surface area contributed by atoms with Crippen molar-refractivity contribution < 1.29 is 22.7 Å². The molecule has 0 saturated heterocycles. The van der Waals surface area contributed by atoms with Crippen LogP contribution in [0.3, 0.4) is 0 Å². The Morgan fingerprint density at radius 2 is 1.17 bits per heavy atom. The van der Waals surface area contributed by atoms with E-state index in [1.165, 1.54) is 24.3 Å². The van der Waals surface area contributed by atoms with E-state index in [-0.39, 0.29) is 11.1 Å². The fraction of sp³-hybridized carbons (Fsp3) is 0.200. The second-order valence-corrected chi connectivity index (χ2v) is 6.38. The van der Waals surface area contributed by atoms with Gasteiger partial charge in [-0.25, -0.2) is 22.4 Å². The van der Waals surface area contributed by atoms with E-state index >= 15 is 0 Å². The third-order valence-corrected chi connectivity index (χ3v) is 4.41. The van der Waals surface area contributed by atoms with Crippen molar-refractivity contribution in [1.29, 1.82) is 0 Å². The summed E-state index contributed by atoms with van der Waals surface area (Å²) in [5.74, 6) is -1.91. The molecule has 1 heterocycles. The number of halogens is 4. The molecule has 0 spiro atoms. The van der Waals surface area contributed by atoms with Crippen molar-refractivity contribution in [2.45, 2.75) is 25.4 Å². The Kier molecular flexibility index (Phi) is 5.86. The first-order valence-corrected chi connectivity index (χ1v) is 8.59. The van der Waals surface area contributed by atoms with Crippen LogP contribution in [0.2, 0.25) is 0 Å². The number of rotatable bonds is 6. The van der Waals surface area contributed by atoms with E-state index in [1.807, 2.05) is 0 Å². The summed E-state index contributed by atoms with van der Waals surface area (Å²) >= 11 is 0. The Balaban J connectivity index is 1.89. The van der Waals surface area contributed by atoms with Crippen LogP contribution < -0.4 is 11.2 Å². The first-order valence-electron chi connectivity index (χ1n) is 8.59. The molecule has 1 aromatic heterocycles. The van der Waals surface area contributed by atoms with Crippen LogP contribution in [0.15, 0.2) is 64.2 Å². The second kappa shape index (κ2) is 8.34. The van der Waals surface area contributed by atoms with Crippen LogP contribution in [0, 0.1) is 11.6 Å². The molecule has 152 valence electrons. The Morgan fingerprint density at radius 1 is 0.759 bits per heavy atom. The number of nitrogens with zero attached hydrogens (tertiary/aromatic N) is 2. The van der Waals surface area contributed by atoms with Gasteiger partial charge in [0.05, 0.1) is 19.2 Å². The van der Waals surface area contributed by atoms with Gasteiger partial charge in [-0.05, 0) is 35.4 Å². The maximum atomic E-state index is 14.5. The Bertz CT molecular complexity index is 1110. The van der Waals surface area contributed by atoms with Gasteiger partial charge in [0.25, 0.3) is 5.56 Å². The average Bonchev–Trinajstić information content (AvgIpc) is 2.69. The lowest BCUT2D eigenvalue weighted by atomic mass is 10.1. The van der Waals surface area contributed by atoms with Crippen LogP contribution in [-0.2, 0) is 13.1 Å². The van der Waals surface area contributed by atoms with E-state index in [0.717, 1.165) is 24.3 Å². The maximum Gasteiger partial charge on any atom is 0.333 e. The van der Waals surface area contributed by atoms with E-state index in [0.29, 0.717) is 15.2 Å². The van der Waals surface area contributed by atoms with Crippen molar-refractivity contribution in [3.05, 3.63) is 98.2 Å². The molecule has 0 fully saturated rings. The van der Waals surface area contributed by atoms with E-state index < -0.39 is 54.2 Å². The highest BCUT2D eigenvalue weighted by Gasteiger charge is 2.20. The van der Waals surface area contributed by atoms with Crippen LogP contribution in [0.5, 0.6) is 5.88 Å². The van der Waals surface area contributed by atoms with E-state index in [1.54, 1.807) is 0 Å². The number of aromatic nitrogens is 2. The van der Waals surface area contributed by atoms with Crippen molar-refractivity contribution >= 4 is 0 Å². The molecule has 3 rings (SSSR count). The zero-order valence-electron chi connectivity index (χ0n) is 14.9. The highest BCUT2D eigenvalue weighted by atomic mass is 19.1. The molecule has 1 N–H and O–H groups in total. The van der Waals surface area contributed by atoms with Crippen molar-refractivity contribution in [3.8, 4) is 5.88 Å². The summed E-state index contributed by atoms with van der Waals surface area (Å²) in [4.78, 5) is 24.6. The van der Waals surface area contributed by atoms with Gasteiger partial charge in [0.2, 0.25) is 5.88 Å². The molecule has 9 heteroatoms. The quantitative estimate of drug-likeness (QED) is 0.636. The van der Waals surface area contributed by atoms with Gasteiger partial charge < -0.3 is 5.11 Å². The van der Waals surface area contributed by atoms with Gasteiger partial charge in [-0.3, -0.25) is 13.9 Å². The van der Waals surface area contributed by atoms with E-state index in [4.69, 9.17) is 0 Å². The van der Waals surface area contributed by atoms with Gasteiger partial charge in [0.15, 0.2) is 0 Å². The molecule has 2 atom stereocenters. The zero-order chi connectivity index (χ0) is 21.1. The average molecular weight is 408 g/mol. The largest absolute Gasteiger partial charge is 0.494 e. The molecule has 0 bridgehead atoms. The highest BCUT2D eigenvalue weighted by Crippen LogP contribution is 2.22. The van der Waals surface area contributed by atoms with Gasteiger partial charge in [0, 0.05) is 0 Å². The lowest BCUT2D eigenvalue weighted by Crippen LogP contribution is -2.40. The van der Waals surface area contributed by atoms with Crippen LogP contribution in [0.25, 0.3) is 0 Å². The Morgan fingerprint density at radius 3 is 1.62 bits per heavy atom. The lowest BCUT2D eigenvalue weighted by molar-refractivity contribution is 0.261. The van der Waals surface area contributed by atoms with Gasteiger partial charge in [0.1, 0.15) is 24.0 Å². The minimum atomic E-state index is -1.81. The molecular weight excluding hydrogens is 392 g/mol. The third kappa shape index (κ3) is 4.56. The summed E-state index contributed by atoms with van der Waals surface area (Å²) < 4.78 is 56.1. The van der Waals surface area contributed by atoms with Crippen molar-refractivity contribution in [2.75, 3.05) is 0 Å². The van der Waals surface area contributed by atoms with Crippen LogP contribution in [-0.4, -0.2) is 14.2 Å². The zero-order valence-corrected chi connectivity index (χ0v) is 14.9. The van der Waals surface area contributed by atoms with Crippen LogP contribution >= 0.6 is 0 Å². The van der Waals surface area contributed by atoms with Gasteiger partial charge >= 0.3 is 5.69 Å².